The van der Waals surface area contributed by atoms with Crippen molar-refractivity contribution in [3.8, 4) is 0 Å². The van der Waals surface area contributed by atoms with Gasteiger partial charge in [-0.05, 0) is 70.1 Å². The van der Waals surface area contributed by atoms with Gasteiger partial charge in [-0.15, -0.1) is 0 Å². The van der Waals surface area contributed by atoms with Crippen LogP contribution < -0.4 is 10.6 Å². The van der Waals surface area contributed by atoms with E-state index in [1.54, 1.807) is 0 Å². The fraction of sp³-hybridized carbons (Fsp3) is 0.412. The van der Waals surface area contributed by atoms with Crippen molar-refractivity contribution in [3.05, 3.63) is 46.8 Å². The molecule has 0 saturated heterocycles. The van der Waals surface area contributed by atoms with Crippen LogP contribution in [-0.4, -0.2) is 14.9 Å². The molecule has 1 atom stereocenters. The van der Waals surface area contributed by atoms with E-state index in [9.17, 15) is 0 Å². The van der Waals surface area contributed by atoms with Crippen molar-refractivity contribution >= 4 is 23.0 Å². The minimum atomic E-state index is 0.117. The molecule has 2 N–H and O–H groups in total. The molecule has 1 heterocycles. The molecule has 0 saturated carbocycles. The number of nitrogens with one attached hydrogen (secondary N) is 2. The van der Waals surface area contributed by atoms with E-state index in [1.165, 1.54) is 16.7 Å². The lowest BCUT2D eigenvalue weighted by Crippen LogP contribution is -2.31. The van der Waals surface area contributed by atoms with E-state index in [4.69, 9.17) is 12.2 Å². The summed E-state index contributed by atoms with van der Waals surface area (Å²) in [6.07, 6.45) is 2.08. The third-order valence-electron chi connectivity index (χ3n) is 3.89. The zero-order chi connectivity index (χ0) is 16.3. The molecule has 1 aromatic heterocycles. The zero-order valence-corrected chi connectivity index (χ0v) is 14.7. The summed E-state index contributed by atoms with van der Waals surface area (Å²) in [7, 11) is 0. The third-order valence-corrected chi connectivity index (χ3v) is 4.11. The number of hydrogen-bond acceptors (Lipinski definition) is 2. The van der Waals surface area contributed by atoms with Crippen LogP contribution in [0.25, 0.3) is 0 Å². The van der Waals surface area contributed by atoms with Gasteiger partial charge in [0.25, 0.3) is 0 Å². The van der Waals surface area contributed by atoms with Gasteiger partial charge >= 0.3 is 0 Å². The predicted octanol–water partition coefficient (Wildman–Crippen LogP) is 3.88. The van der Waals surface area contributed by atoms with E-state index in [0.29, 0.717) is 5.11 Å². The van der Waals surface area contributed by atoms with Gasteiger partial charge in [-0.3, -0.25) is 4.68 Å². The number of anilines is 1. The average Bonchev–Trinajstić information content (AvgIpc) is 2.84. The van der Waals surface area contributed by atoms with Gasteiger partial charge < -0.3 is 10.6 Å². The first-order valence-electron chi connectivity index (χ1n) is 7.59. The van der Waals surface area contributed by atoms with Crippen molar-refractivity contribution in [2.75, 3.05) is 5.32 Å². The van der Waals surface area contributed by atoms with Crippen molar-refractivity contribution < 1.29 is 0 Å². The highest BCUT2D eigenvalue weighted by Gasteiger charge is 2.13. The Bertz CT molecular complexity index is 675. The molecule has 5 heteroatoms. The highest BCUT2D eigenvalue weighted by Crippen LogP contribution is 2.17. The molecule has 0 radical (unpaired) electrons. The molecular weight excluding hydrogens is 292 g/mol. The topological polar surface area (TPSA) is 41.9 Å². The van der Waals surface area contributed by atoms with Gasteiger partial charge in [0, 0.05) is 24.0 Å². The minimum Gasteiger partial charge on any atom is -0.356 e. The molecule has 0 fully saturated rings. The number of hydrogen-bond donors (Lipinski definition) is 2. The van der Waals surface area contributed by atoms with Crippen LogP contribution in [0, 0.1) is 20.8 Å². The first kappa shape index (κ1) is 16.5. The Morgan fingerprint density at radius 3 is 2.59 bits per heavy atom. The van der Waals surface area contributed by atoms with Crippen molar-refractivity contribution in [3.63, 3.8) is 0 Å². The first-order chi connectivity index (χ1) is 10.4. The normalized spacial score (nSPS) is 12.0. The van der Waals surface area contributed by atoms with E-state index < -0.39 is 0 Å². The molecule has 0 amide bonds. The molecule has 118 valence electrons. The number of aryl methyl sites for hydroxylation is 4. The van der Waals surface area contributed by atoms with Gasteiger partial charge in [0.15, 0.2) is 5.11 Å². The Balaban J connectivity index is 2.01. The Kier molecular flexibility index (Phi) is 5.19. The summed E-state index contributed by atoms with van der Waals surface area (Å²) < 4.78 is 1.95. The lowest BCUT2D eigenvalue weighted by Gasteiger charge is -2.17. The van der Waals surface area contributed by atoms with Crippen molar-refractivity contribution in [2.45, 2.75) is 47.2 Å². The summed E-state index contributed by atoms with van der Waals surface area (Å²) in [4.78, 5) is 0. The van der Waals surface area contributed by atoms with E-state index in [-0.39, 0.29) is 6.04 Å². The lowest BCUT2D eigenvalue weighted by molar-refractivity contribution is 0.651. The molecule has 1 unspecified atom stereocenters. The molecule has 4 nitrogen and oxygen atoms in total. The van der Waals surface area contributed by atoms with Crippen molar-refractivity contribution in [1.29, 1.82) is 0 Å². The molecule has 0 aliphatic rings. The standard InChI is InChI=1S/C17H24N4S/c1-6-21-10-16(14(5)20-21)13(4)18-17(22)19-15-8-7-11(2)12(3)9-15/h7-10,13H,6H2,1-5H3,(H2,18,19,22). The van der Waals surface area contributed by atoms with Crippen LogP contribution in [0.2, 0.25) is 0 Å². The van der Waals surface area contributed by atoms with E-state index in [1.807, 2.05) is 17.7 Å². The summed E-state index contributed by atoms with van der Waals surface area (Å²) in [5.41, 5.74) is 5.75. The van der Waals surface area contributed by atoms with Gasteiger partial charge in [0.1, 0.15) is 0 Å². The molecule has 0 aliphatic carbocycles. The lowest BCUT2D eigenvalue weighted by atomic mass is 10.1. The quantitative estimate of drug-likeness (QED) is 0.840. The molecular formula is C17H24N4S. The van der Waals surface area contributed by atoms with Crippen LogP contribution in [0.4, 0.5) is 5.69 Å². The fourth-order valence-corrected chi connectivity index (χ4v) is 2.68. The summed E-state index contributed by atoms with van der Waals surface area (Å²) >= 11 is 5.42. The fourth-order valence-electron chi connectivity index (χ4n) is 2.38. The molecule has 2 rings (SSSR count). The first-order valence-corrected chi connectivity index (χ1v) is 8.00. The summed E-state index contributed by atoms with van der Waals surface area (Å²) in [5.74, 6) is 0. The average molecular weight is 316 g/mol. The Hall–Kier alpha value is -1.88. The maximum absolute atomic E-state index is 5.42. The third kappa shape index (κ3) is 3.85. The second-order valence-electron chi connectivity index (χ2n) is 5.64. The Morgan fingerprint density at radius 1 is 1.27 bits per heavy atom. The number of nitrogens with zero attached hydrogens (tertiary/aromatic N) is 2. The van der Waals surface area contributed by atoms with Crippen molar-refractivity contribution in [1.82, 2.24) is 15.1 Å². The number of aromatic nitrogens is 2. The molecule has 22 heavy (non-hydrogen) atoms. The second-order valence-corrected chi connectivity index (χ2v) is 6.05. The van der Waals surface area contributed by atoms with Crippen LogP contribution in [0.5, 0.6) is 0 Å². The van der Waals surface area contributed by atoms with E-state index in [0.717, 1.165) is 17.9 Å². The smallest absolute Gasteiger partial charge is 0.171 e. The molecule has 0 aliphatic heterocycles. The minimum absolute atomic E-state index is 0.117. The van der Waals surface area contributed by atoms with Crippen LogP contribution in [0.15, 0.2) is 24.4 Å². The molecule has 0 bridgehead atoms. The summed E-state index contributed by atoms with van der Waals surface area (Å²) in [6, 6.07) is 6.36. The highest BCUT2D eigenvalue weighted by atomic mass is 32.1. The SMILES string of the molecule is CCn1cc(C(C)NC(=S)Nc2ccc(C)c(C)c2)c(C)n1. The number of rotatable bonds is 4. The Labute approximate surface area is 137 Å². The Morgan fingerprint density at radius 2 is 2.00 bits per heavy atom. The molecule has 0 spiro atoms. The van der Waals surface area contributed by atoms with Gasteiger partial charge in [-0.25, -0.2) is 0 Å². The van der Waals surface area contributed by atoms with Crippen LogP contribution in [-0.2, 0) is 6.54 Å². The number of thiocarbonyl (C=S) groups is 1. The summed E-state index contributed by atoms with van der Waals surface area (Å²) in [5, 5.41) is 11.7. The monoisotopic (exact) mass is 316 g/mol. The van der Waals surface area contributed by atoms with Gasteiger partial charge in [0.05, 0.1) is 11.7 Å². The van der Waals surface area contributed by atoms with Crippen LogP contribution >= 0.6 is 12.2 Å². The van der Waals surface area contributed by atoms with Gasteiger partial charge in [-0.1, -0.05) is 6.07 Å². The predicted molar refractivity (Wildman–Crippen MR) is 96.3 cm³/mol. The second kappa shape index (κ2) is 6.92. The largest absolute Gasteiger partial charge is 0.356 e. The zero-order valence-electron chi connectivity index (χ0n) is 13.9. The summed E-state index contributed by atoms with van der Waals surface area (Å²) in [6.45, 7) is 11.3. The van der Waals surface area contributed by atoms with Crippen molar-refractivity contribution in [2.24, 2.45) is 0 Å². The van der Waals surface area contributed by atoms with Gasteiger partial charge in [0.2, 0.25) is 0 Å². The maximum Gasteiger partial charge on any atom is 0.171 e. The molecule has 2 aromatic rings. The maximum atomic E-state index is 5.42. The number of benzene rings is 1. The van der Waals surface area contributed by atoms with Gasteiger partial charge in [-0.2, -0.15) is 5.10 Å². The van der Waals surface area contributed by atoms with E-state index >= 15 is 0 Å². The van der Waals surface area contributed by atoms with E-state index in [2.05, 4.69) is 61.8 Å². The van der Waals surface area contributed by atoms with Crippen LogP contribution in [0.1, 0.15) is 42.3 Å². The van der Waals surface area contributed by atoms with Crippen LogP contribution in [0.3, 0.4) is 0 Å². The molecule has 1 aromatic carbocycles. The highest BCUT2D eigenvalue weighted by molar-refractivity contribution is 7.80.